The molecule has 1 fully saturated rings. The maximum absolute atomic E-state index is 13.7. The topological polar surface area (TPSA) is 96.6 Å². The number of likely N-dealkylation sites (tertiary alicyclic amines) is 1. The molecular weight excluding hydrogens is 532 g/mol. The highest BCUT2D eigenvalue weighted by Crippen LogP contribution is 2.42. The molecule has 9 heteroatoms. The number of aliphatic hydroxyl groups excluding tert-OH is 1. The predicted molar refractivity (Wildman–Crippen MR) is 164 cm³/mol. The number of benzene rings is 1. The first-order valence-electron chi connectivity index (χ1n) is 15.1. The molecule has 1 aliphatic rings. The summed E-state index contributed by atoms with van der Waals surface area (Å²) in [6.07, 6.45) is 3.38. The number of pyridine rings is 1. The summed E-state index contributed by atoms with van der Waals surface area (Å²) in [7, 11) is 0. The summed E-state index contributed by atoms with van der Waals surface area (Å²) in [5.41, 5.74) is 2.32. The van der Waals surface area contributed by atoms with E-state index in [9.17, 15) is 14.7 Å². The summed E-state index contributed by atoms with van der Waals surface area (Å²) in [5, 5.41) is 11.8. The van der Waals surface area contributed by atoms with Gasteiger partial charge >= 0.3 is 0 Å². The lowest BCUT2D eigenvalue weighted by Gasteiger charge is -2.27. The van der Waals surface area contributed by atoms with Crippen molar-refractivity contribution >= 4 is 23.1 Å². The first-order valence-corrected chi connectivity index (χ1v) is 15.1. The molecule has 1 N–H and O–H groups in total. The molecule has 0 spiro atoms. The largest absolute Gasteiger partial charge is 0.505 e. The molecule has 1 unspecified atom stereocenters. The van der Waals surface area contributed by atoms with E-state index in [4.69, 9.17) is 9.47 Å². The molecule has 2 aromatic heterocycles. The number of fused-ring (bicyclic) bond motifs is 1. The monoisotopic (exact) mass is 576 g/mol. The summed E-state index contributed by atoms with van der Waals surface area (Å²) >= 11 is 0. The molecular formula is C33H44N4O5. The zero-order valence-electron chi connectivity index (χ0n) is 25.7. The van der Waals surface area contributed by atoms with Crippen LogP contribution in [0.25, 0.3) is 11.4 Å². The molecule has 1 aromatic carbocycles. The Labute approximate surface area is 248 Å². The second-order valence-corrected chi connectivity index (χ2v) is 11.0. The number of ketones is 1. The van der Waals surface area contributed by atoms with Crippen molar-refractivity contribution in [3.8, 4) is 11.5 Å². The lowest BCUT2D eigenvalue weighted by atomic mass is 9.95. The number of amides is 1. The van der Waals surface area contributed by atoms with Gasteiger partial charge in [-0.1, -0.05) is 39.8 Å². The van der Waals surface area contributed by atoms with Crippen LogP contribution in [0.3, 0.4) is 0 Å². The SMILES string of the molecule is CCOc1cc(C2C(=C(O)c3c(C)nc4ccccn34)C(=O)C(=O)N2CCCN(CC)CC)ccc1OCCC(C)C. The molecule has 0 saturated carbocycles. The predicted octanol–water partition coefficient (Wildman–Crippen LogP) is 5.62. The molecule has 226 valence electrons. The van der Waals surface area contributed by atoms with Gasteiger partial charge in [0.25, 0.3) is 11.7 Å². The van der Waals surface area contributed by atoms with Crippen LogP contribution in [0.5, 0.6) is 11.5 Å². The van der Waals surface area contributed by atoms with E-state index in [0.29, 0.717) is 66.2 Å². The lowest BCUT2D eigenvalue weighted by molar-refractivity contribution is -0.140. The van der Waals surface area contributed by atoms with Crippen LogP contribution in [-0.2, 0) is 9.59 Å². The standard InChI is InChI=1S/C33H44N4O5/c1-7-35(8-2)17-12-19-37-30(24-14-15-25(26(21-24)41-9-3)42-20-16-22(4)5)28(32(39)33(37)40)31(38)29-23(6)34-27-13-10-11-18-36(27)29/h10-11,13-15,18,21-22,30,38H,7-9,12,16-17,19-20H2,1-6H3. The summed E-state index contributed by atoms with van der Waals surface area (Å²) < 4.78 is 13.7. The Balaban J connectivity index is 1.82. The van der Waals surface area contributed by atoms with Crippen LogP contribution in [0, 0.1) is 12.8 Å². The highest BCUT2D eigenvalue weighted by Gasteiger charge is 2.46. The number of Topliss-reactive ketones (excluding diaryl/α,β-unsaturated/α-hetero) is 1. The van der Waals surface area contributed by atoms with E-state index in [0.717, 1.165) is 26.1 Å². The van der Waals surface area contributed by atoms with E-state index >= 15 is 0 Å². The Morgan fingerprint density at radius 3 is 2.52 bits per heavy atom. The molecule has 42 heavy (non-hydrogen) atoms. The smallest absolute Gasteiger partial charge is 0.295 e. The lowest BCUT2D eigenvalue weighted by Crippen LogP contribution is -2.33. The number of imidazole rings is 1. The average Bonchev–Trinajstić information content (AvgIpc) is 3.44. The quantitative estimate of drug-likeness (QED) is 0.151. The van der Waals surface area contributed by atoms with Gasteiger partial charge in [0.15, 0.2) is 17.3 Å². The molecule has 3 heterocycles. The number of aliphatic hydroxyl groups is 1. The van der Waals surface area contributed by atoms with Gasteiger partial charge in [-0.15, -0.1) is 0 Å². The van der Waals surface area contributed by atoms with Gasteiger partial charge in [-0.2, -0.15) is 0 Å². The van der Waals surface area contributed by atoms with Crippen LogP contribution in [0.4, 0.5) is 0 Å². The van der Waals surface area contributed by atoms with Crippen LogP contribution in [-0.4, -0.2) is 75.4 Å². The maximum atomic E-state index is 13.7. The third-order valence-corrected chi connectivity index (χ3v) is 7.77. The molecule has 3 aromatic rings. The minimum Gasteiger partial charge on any atom is -0.505 e. The van der Waals surface area contributed by atoms with Crippen LogP contribution < -0.4 is 9.47 Å². The Kier molecular flexibility index (Phi) is 10.3. The summed E-state index contributed by atoms with van der Waals surface area (Å²) in [5.74, 6) is 0.0782. The molecule has 0 bridgehead atoms. The molecule has 1 atom stereocenters. The van der Waals surface area contributed by atoms with Gasteiger partial charge in [-0.05, 0) is 82.1 Å². The van der Waals surface area contributed by atoms with Crippen LogP contribution in [0.15, 0.2) is 48.2 Å². The summed E-state index contributed by atoms with van der Waals surface area (Å²) in [4.78, 5) is 35.7. The van der Waals surface area contributed by atoms with Gasteiger partial charge in [0, 0.05) is 12.7 Å². The van der Waals surface area contributed by atoms with Crippen molar-refractivity contribution < 1.29 is 24.2 Å². The van der Waals surface area contributed by atoms with Crippen LogP contribution >= 0.6 is 0 Å². The minimum absolute atomic E-state index is 0.0486. The van der Waals surface area contributed by atoms with E-state index < -0.39 is 17.7 Å². The normalized spacial score (nSPS) is 16.8. The average molecular weight is 577 g/mol. The van der Waals surface area contributed by atoms with Crippen LogP contribution in [0.2, 0.25) is 0 Å². The van der Waals surface area contributed by atoms with Gasteiger partial charge < -0.3 is 24.4 Å². The van der Waals surface area contributed by atoms with Crippen molar-refractivity contribution in [3.05, 3.63) is 65.1 Å². The molecule has 1 aliphatic heterocycles. The number of hydrogen-bond acceptors (Lipinski definition) is 7. The van der Waals surface area contributed by atoms with Crippen LogP contribution in [0.1, 0.15) is 70.5 Å². The van der Waals surface area contributed by atoms with E-state index in [1.54, 1.807) is 22.4 Å². The fraction of sp³-hybridized carbons (Fsp3) is 0.485. The van der Waals surface area contributed by atoms with Crippen molar-refractivity contribution in [2.24, 2.45) is 5.92 Å². The number of nitrogens with zero attached hydrogens (tertiary/aromatic N) is 4. The highest BCUT2D eigenvalue weighted by atomic mass is 16.5. The van der Waals surface area contributed by atoms with Gasteiger partial charge in [0.05, 0.1) is 30.5 Å². The molecule has 0 radical (unpaired) electrons. The Hall–Kier alpha value is -3.85. The van der Waals surface area contributed by atoms with Gasteiger partial charge in [-0.25, -0.2) is 4.98 Å². The highest BCUT2D eigenvalue weighted by molar-refractivity contribution is 6.46. The maximum Gasteiger partial charge on any atom is 0.295 e. The first kappa shape index (κ1) is 31.1. The number of carbonyl (C=O) groups excluding carboxylic acids is 2. The van der Waals surface area contributed by atoms with Gasteiger partial charge in [0.2, 0.25) is 0 Å². The van der Waals surface area contributed by atoms with E-state index in [-0.39, 0.29) is 11.3 Å². The summed E-state index contributed by atoms with van der Waals surface area (Å²) in [6, 6.07) is 10.3. The second-order valence-electron chi connectivity index (χ2n) is 11.0. The molecule has 1 amide bonds. The summed E-state index contributed by atoms with van der Waals surface area (Å²) in [6.45, 7) is 16.1. The fourth-order valence-corrected chi connectivity index (χ4v) is 5.47. The van der Waals surface area contributed by atoms with Gasteiger partial charge in [-0.3, -0.25) is 14.0 Å². The minimum atomic E-state index is -0.792. The van der Waals surface area contributed by atoms with Crippen molar-refractivity contribution in [1.82, 2.24) is 19.2 Å². The number of carbonyl (C=O) groups is 2. The fourth-order valence-electron chi connectivity index (χ4n) is 5.47. The zero-order valence-corrected chi connectivity index (χ0v) is 25.7. The molecule has 0 aliphatic carbocycles. The van der Waals surface area contributed by atoms with Crippen molar-refractivity contribution in [3.63, 3.8) is 0 Å². The third kappa shape index (κ3) is 6.46. The molecule has 9 nitrogen and oxygen atoms in total. The number of hydrogen-bond donors (Lipinski definition) is 1. The van der Waals surface area contributed by atoms with E-state index in [2.05, 4.69) is 37.6 Å². The van der Waals surface area contributed by atoms with Crippen molar-refractivity contribution in [2.45, 2.75) is 60.4 Å². The second kappa shape index (κ2) is 13.9. The van der Waals surface area contributed by atoms with E-state index in [1.807, 2.05) is 43.3 Å². The first-order chi connectivity index (χ1) is 20.2. The van der Waals surface area contributed by atoms with Crippen molar-refractivity contribution in [1.29, 1.82) is 0 Å². The Bertz CT molecular complexity index is 1440. The molecule has 4 rings (SSSR count). The Morgan fingerprint density at radius 2 is 1.83 bits per heavy atom. The number of aryl methyl sites for hydroxylation is 1. The zero-order chi connectivity index (χ0) is 30.4. The van der Waals surface area contributed by atoms with E-state index in [1.165, 1.54) is 0 Å². The van der Waals surface area contributed by atoms with Crippen molar-refractivity contribution in [2.75, 3.05) is 39.4 Å². The Morgan fingerprint density at radius 1 is 1.07 bits per heavy atom. The van der Waals surface area contributed by atoms with Gasteiger partial charge in [0.1, 0.15) is 11.3 Å². The number of ether oxygens (including phenoxy) is 2. The number of rotatable bonds is 14. The number of aromatic nitrogens is 2. The molecule has 1 saturated heterocycles. The third-order valence-electron chi connectivity index (χ3n) is 7.77.